The molecule has 0 heterocycles. The third-order valence-electron chi connectivity index (χ3n) is 3.42. The van der Waals surface area contributed by atoms with Gasteiger partial charge in [0.1, 0.15) is 6.04 Å². The summed E-state index contributed by atoms with van der Waals surface area (Å²) in [6.07, 6.45) is 4.79. The number of amides is 1. The number of unbranched alkanes of at least 4 members (excludes halogenated alkanes) is 1. The van der Waals surface area contributed by atoms with E-state index in [0.717, 1.165) is 31.2 Å². The number of benzene rings is 1. The molecule has 0 aliphatic carbocycles. The molecule has 4 nitrogen and oxygen atoms in total. The minimum atomic E-state index is -0.972. The van der Waals surface area contributed by atoms with Crippen molar-refractivity contribution in [3.05, 3.63) is 35.4 Å². The zero-order chi connectivity index (χ0) is 15.7. The number of hydrogen-bond donors (Lipinski definition) is 2. The van der Waals surface area contributed by atoms with Crippen molar-refractivity contribution in [2.24, 2.45) is 0 Å². The standard InChI is InChI=1S/C17H25NO3/c1-3-5-7-13-8-10-14(11-9-13)12-16(19)18-15(6-4-2)17(20)21/h8-11,15H,3-7,12H2,1-2H3,(H,18,19)(H,20,21). The molecule has 1 aromatic carbocycles. The molecule has 0 bridgehead atoms. The van der Waals surface area contributed by atoms with Gasteiger partial charge in [-0.2, -0.15) is 0 Å². The lowest BCUT2D eigenvalue weighted by Gasteiger charge is -2.13. The Balaban J connectivity index is 2.52. The van der Waals surface area contributed by atoms with Gasteiger partial charge in [-0.3, -0.25) is 4.79 Å². The monoisotopic (exact) mass is 291 g/mol. The maximum absolute atomic E-state index is 11.9. The highest BCUT2D eigenvalue weighted by Crippen LogP contribution is 2.09. The first-order valence-electron chi connectivity index (χ1n) is 7.66. The molecule has 0 spiro atoms. The fourth-order valence-electron chi connectivity index (χ4n) is 2.18. The molecule has 0 radical (unpaired) electrons. The molecule has 1 rings (SSSR count). The highest BCUT2D eigenvalue weighted by Gasteiger charge is 2.18. The van der Waals surface area contributed by atoms with Gasteiger partial charge in [-0.05, 0) is 30.4 Å². The number of carboxylic acid groups (broad SMARTS) is 1. The minimum absolute atomic E-state index is 0.224. The maximum Gasteiger partial charge on any atom is 0.326 e. The molecule has 1 aromatic rings. The average molecular weight is 291 g/mol. The molecule has 1 atom stereocenters. The Morgan fingerprint density at radius 2 is 1.71 bits per heavy atom. The third kappa shape index (κ3) is 6.43. The van der Waals surface area contributed by atoms with Gasteiger partial charge in [-0.25, -0.2) is 4.79 Å². The van der Waals surface area contributed by atoms with Gasteiger partial charge in [0.05, 0.1) is 6.42 Å². The minimum Gasteiger partial charge on any atom is -0.480 e. The molecule has 0 saturated carbocycles. The number of rotatable bonds is 9. The SMILES string of the molecule is CCCCc1ccc(CC(=O)NC(CCC)C(=O)O)cc1. The molecule has 116 valence electrons. The summed E-state index contributed by atoms with van der Waals surface area (Å²) in [6, 6.07) is 7.18. The lowest BCUT2D eigenvalue weighted by molar-refractivity contribution is -0.141. The number of aliphatic carboxylic acids is 1. The summed E-state index contributed by atoms with van der Waals surface area (Å²) in [5.74, 6) is -1.21. The summed E-state index contributed by atoms with van der Waals surface area (Å²) in [7, 11) is 0. The second-order valence-corrected chi connectivity index (χ2v) is 5.34. The number of aryl methyl sites for hydroxylation is 1. The zero-order valence-electron chi connectivity index (χ0n) is 12.9. The summed E-state index contributed by atoms with van der Waals surface area (Å²) >= 11 is 0. The van der Waals surface area contributed by atoms with Crippen molar-refractivity contribution < 1.29 is 14.7 Å². The molecular weight excluding hydrogens is 266 g/mol. The van der Waals surface area contributed by atoms with Crippen molar-refractivity contribution in [1.29, 1.82) is 0 Å². The van der Waals surface area contributed by atoms with Gasteiger partial charge in [-0.1, -0.05) is 51.0 Å². The Kier molecular flexibility index (Phi) is 7.51. The summed E-state index contributed by atoms with van der Waals surface area (Å²) in [4.78, 5) is 22.9. The van der Waals surface area contributed by atoms with Crippen LogP contribution in [0, 0.1) is 0 Å². The van der Waals surface area contributed by atoms with E-state index in [4.69, 9.17) is 5.11 Å². The quantitative estimate of drug-likeness (QED) is 0.735. The van der Waals surface area contributed by atoms with Gasteiger partial charge >= 0.3 is 5.97 Å². The Morgan fingerprint density at radius 1 is 1.10 bits per heavy atom. The van der Waals surface area contributed by atoms with Crippen molar-refractivity contribution in [2.45, 2.75) is 58.4 Å². The van der Waals surface area contributed by atoms with E-state index in [1.54, 1.807) is 0 Å². The fourth-order valence-corrected chi connectivity index (χ4v) is 2.18. The van der Waals surface area contributed by atoms with Crippen LogP contribution in [0.15, 0.2) is 24.3 Å². The van der Waals surface area contributed by atoms with Crippen LogP contribution in [0.2, 0.25) is 0 Å². The summed E-state index contributed by atoms with van der Waals surface area (Å²) in [6.45, 7) is 4.06. The average Bonchev–Trinajstić information content (AvgIpc) is 2.46. The number of carbonyl (C=O) groups is 2. The Labute approximate surface area is 126 Å². The van der Waals surface area contributed by atoms with Crippen molar-refractivity contribution in [2.75, 3.05) is 0 Å². The summed E-state index contributed by atoms with van der Waals surface area (Å²) in [5.41, 5.74) is 2.18. The molecule has 1 amide bonds. The highest BCUT2D eigenvalue weighted by atomic mass is 16.4. The summed E-state index contributed by atoms with van der Waals surface area (Å²) in [5, 5.41) is 11.6. The predicted octanol–water partition coefficient (Wildman–Crippen LogP) is 2.94. The first-order valence-corrected chi connectivity index (χ1v) is 7.66. The van der Waals surface area contributed by atoms with Crippen LogP contribution in [-0.4, -0.2) is 23.0 Å². The van der Waals surface area contributed by atoms with Gasteiger partial charge in [-0.15, -0.1) is 0 Å². The topological polar surface area (TPSA) is 66.4 Å². The molecule has 0 saturated heterocycles. The molecule has 0 aliphatic rings. The molecular formula is C17H25NO3. The van der Waals surface area contributed by atoms with E-state index in [-0.39, 0.29) is 12.3 Å². The molecule has 4 heteroatoms. The van der Waals surface area contributed by atoms with Crippen molar-refractivity contribution in [3.63, 3.8) is 0 Å². The van der Waals surface area contributed by atoms with Crippen LogP contribution in [0.25, 0.3) is 0 Å². The lowest BCUT2D eigenvalue weighted by Crippen LogP contribution is -2.41. The second kappa shape index (κ2) is 9.16. The van der Waals surface area contributed by atoms with Gasteiger partial charge < -0.3 is 10.4 Å². The molecule has 0 fully saturated rings. The highest BCUT2D eigenvalue weighted by molar-refractivity contribution is 5.84. The second-order valence-electron chi connectivity index (χ2n) is 5.34. The van der Waals surface area contributed by atoms with Crippen LogP contribution >= 0.6 is 0 Å². The van der Waals surface area contributed by atoms with E-state index in [1.807, 2.05) is 31.2 Å². The van der Waals surface area contributed by atoms with Gasteiger partial charge in [0.25, 0.3) is 0 Å². The van der Waals surface area contributed by atoms with Crippen LogP contribution < -0.4 is 5.32 Å². The van der Waals surface area contributed by atoms with E-state index >= 15 is 0 Å². The van der Waals surface area contributed by atoms with Crippen LogP contribution in [0.4, 0.5) is 0 Å². The zero-order valence-corrected chi connectivity index (χ0v) is 12.9. The van der Waals surface area contributed by atoms with Gasteiger partial charge in [0.2, 0.25) is 5.91 Å². The first-order chi connectivity index (χ1) is 10.1. The Bertz CT molecular complexity index is 454. The third-order valence-corrected chi connectivity index (χ3v) is 3.42. The molecule has 0 aromatic heterocycles. The van der Waals surface area contributed by atoms with E-state index in [1.165, 1.54) is 5.56 Å². The maximum atomic E-state index is 11.9. The fraction of sp³-hybridized carbons (Fsp3) is 0.529. The normalized spacial score (nSPS) is 11.9. The first kappa shape index (κ1) is 17.2. The van der Waals surface area contributed by atoms with E-state index in [0.29, 0.717) is 6.42 Å². The number of nitrogens with one attached hydrogen (secondary N) is 1. The number of hydrogen-bond acceptors (Lipinski definition) is 2. The number of carbonyl (C=O) groups excluding carboxylic acids is 1. The van der Waals surface area contributed by atoms with E-state index in [9.17, 15) is 9.59 Å². The van der Waals surface area contributed by atoms with Crippen LogP contribution in [0.1, 0.15) is 50.7 Å². The van der Waals surface area contributed by atoms with Crippen molar-refractivity contribution >= 4 is 11.9 Å². The van der Waals surface area contributed by atoms with Crippen LogP contribution in [-0.2, 0) is 22.4 Å². The van der Waals surface area contributed by atoms with Gasteiger partial charge in [0.15, 0.2) is 0 Å². The largest absolute Gasteiger partial charge is 0.480 e. The van der Waals surface area contributed by atoms with E-state index < -0.39 is 12.0 Å². The Hall–Kier alpha value is -1.84. The van der Waals surface area contributed by atoms with Crippen LogP contribution in [0.5, 0.6) is 0 Å². The lowest BCUT2D eigenvalue weighted by atomic mass is 10.0. The molecule has 21 heavy (non-hydrogen) atoms. The predicted molar refractivity (Wildman–Crippen MR) is 83.2 cm³/mol. The van der Waals surface area contributed by atoms with Crippen molar-refractivity contribution in [3.8, 4) is 0 Å². The number of carboxylic acids is 1. The molecule has 1 unspecified atom stereocenters. The smallest absolute Gasteiger partial charge is 0.326 e. The van der Waals surface area contributed by atoms with Crippen molar-refractivity contribution in [1.82, 2.24) is 5.32 Å². The van der Waals surface area contributed by atoms with Gasteiger partial charge in [0, 0.05) is 0 Å². The van der Waals surface area contributed by atoms with Crippen LogP contribution in [0.3, 0.4) is 0 Å². The molecule has 2 N–H and O–H groups in total. The summed E-state index contributed by atoms with van der Waals surface area (Å²) < 4.78 is 0. The Morgan fingerprint density at radius 3 is 2.24 bits per heavy atom. The molecule has 0 aliphatic heterocycles. The van der Waals surface area contributed by atoms with E-state index in [2.05, 4.69) is 12.2 Å².